The second-order valence-electron chi connectivity index (χ2n) is 5.14. The third-order valence-corrected chi connectivity index (χ3v) is 3.56. The topological polar surface area (TPSA) is 80.8 Å². The average molecular weight is 307 g/mol. The fourth-order valence-corrected chi connectivity index (χ4v) is 2.56. The number of hydrogen-bond acceptors (Lipinski definition) is 6. The van der Waals surface area contributed by atoms with Crippen molar-refractivity contribution in [2.45, 2.75) is 31.9 Å². The van der Waals surface area contributed by atoms with Crippen LogP contribution in [0.5, 0.6) is 0 Å². The van der Waals surface area contributed by atoms with Crippen molar-refractivity contribution in [3.8, 4) is 0 Å². The Morgan fingerprint density at radius 2 is 1.91 bits per heavy atom. The number of pyridine rings is 1. The van der Waals surface area contributed by atoms with Gasteiger partial charge in [0.2, 0.25) is 5.91 Å². The van der Waals surface area contributed by atoms with E-state index in [4.69, 9.17) is 9.57 Å². The lowest BCUT2D eigenvalue weighted by molar-refractivity contribution is -0.156. The van der Waals surface area contributed by atoms with Gasteiger partial charge in [-0.15, -0.1) is 0 Å². The zero-order valence-electron chi connectivity index (χ0n) is 12.8. The maximum atomic E-state index is 12.7. The molecule has 2 rings (SSSR count). The second kappa shape index (κ2) is 7.86. The normalized spacial score (nSPS) is 17.1. The Morgan fingerprint density at radius 1 is 1.27 bits per heavy atom. The molecule has 1 aromatic rings. The minimum absolute atomic E-state index is 0.137. The Balaban J connectivity index is 2.26. The van der Waals surface area contributed by atoms with Gasteiger partial charge in [0.1, 0.15) is 0 Å². The molecule has 0 aliphatic carbocycles. The number of nitrogens with zero attached hydrogens (tertiary/aromatic N) is 2. The summed E-state index contributed by atoms with van der Waals surface area (Å²) in [5.74, 6) is -0.596. The zero-order valence-corrected chi connectivity index (χ0v) is 12.8. The van der Waals surface area contributed by atoms with Crippen LogP contribution in [0.25, 0.3) is 0 Å². The molecule has 120 valence electrons. The highest BCUT2D eigenvalue weighted by atomic mass is 16.6. The summed E-state index contributed by atoms with van der Waals surface area (Å²) in [6, 6.07) is 2.64. The fraction of sp³-hybridized carbons (Fsp3) is 0.533. The van der Waals surface area contributed by atoms with Gasteiger partial charge in [-0.25, -0.2) is 0 Å². The summed E-state index contributed by atoms with van der Waals surface area (Å²) in [5.41, 5.74) is 3.36. The molecule has 0 aromatic carbocycles. The van der Waals surface area contributed by atoms with Gasteiger partial charge in [0.15, 0.2) is 12.1 Å². The van der Waals surface area contributed by atoms with E-state index >= 15 is 0 Å². The molecular formula is C15H21N3O4. The van der Waals surface area contributed by atoms with Crippen LogP contribution in [-0.2, 0) is 19.2 Å². The Hall–Kier alpha value is -1.99. The SMILES string of the molecule is CON[C@@H](C(=O)N1CCCC1)[C@@H](OC(C)=O)c1ccncc1. The summed E-state index contributed by atoms with van der Waals surface area (Å²) >= 11 is 0. The van der Waals surface area contributed by atoms with E-state index in [-0.39, 0.29) is 5.91 Å². The third-order valence-electron chi connectivity index (χ3n) is 3.56. The number of aromatic nitrogens is 1. The van der Waals surface area contributed by atoms with E-state index in [1.165, 1.54) is 14.0 Å². The van der Waals surface area contributed by atoms with Crippen LogP contribution in [-0.4, -0.2) is 48.0 Å². The second-order valence-corrected chi connectivity index (χ2v) is 5.14. The highest BCUT2D eigenvalue weighted by Gasteiger charge is 2.36. The van der Waals surface area contributed by atoms with Crippen molar-refractivity contribution in [2.75, 3.05) is 20.2 Å². The molecule has 1 aliphatic heterocycles. The van der Waals surface area contributed by atoms with Crippen molar-refractivity contribution in [3.05, 3.63) is 30.1 Å². The number of ether oxygens (including phenoxy) is 1. The molecule has 1 N–H and O–H groups in total. The standard InChI is InChI=1S/C15H21N3O4/c1-11(19)22-14(12-5-7-16-8-6-12)13(17-21-2)15(20)18-9-3-4-10-18/h5-8,13-14,17H,3-4,9-10H2,1-2H3/t13-,14+/m1/s1. The Bertz CT molecular complexity index is 503. The van der Waals surface area contributed by atoms with E-state index in [0.717, 1.165) is 12.8 Å². The van der Waals surface area contributed by atoms with Gasteiger partial charge in [0.05, 0.1) is 7.11 Å². The molecule has 1 aliphatic rings. The smallest absolute Gasteiger partial charge is 0.303 e. The highest BCUT2D eigenvalue weighted by molar-refractivity contribution is 5.83. The molecule has 0 saturated carbocycles. The van der Waals surface area contributed by atoms with Crippen molar-refractivity contribution in [1.29, 1.82) is 0 Å². The predicted molar refractivity (Wildman–Crippen MR) is 78.5 cm³/mol. The lowest BCUT2D eigenvalue weighted by Crippen LogP contribution is -2.49. The minimum atomic E-state index is -0.797. The van der Waals surface area contributed by atoms with Crippen molar-refractivity contribution in [1.82, 2.24) is 15.4 Å². The van der Waals surface area contributed by atoms with Crippen LogP contribution in [0.3, 0.4) is 0 Å². The van der Waals surface area contributed by atoms with E-state index < -0.39 is 18.1 Å². The van der Waals surface area contributed by atoms with Crippen molar-refractivity contribution >= 4 is 11.9 Å². The number of carbonyl (C=O) groups is 2. The number of hydroxylamine groups is 1. The molecule has 1 saturated heterocycles. The van der Waals surface area contributed by atoms with Crippen LogP contribution in [0.1, 0.15) is 31.4 Å². The predicted octanol–water partition coefficient (Wildman–Crippen LogP) is 0.828. The minimum Gasteiger partial charge on any atom is -0.455 e. The van der Waals surface area contributed by atoms with Crippen molar-refractivity contribution in [3.63, 3.8) is 0 Å². The molecule has 0 unspecified atom stereocenters. The number of rotatable bonds is 6. The van der Waals surface area contributed by atoms with E-state index in [9.17, 15) is 9.59 Å². The summed E-state index contributed by atoms with van der Waals surface area (Å²) in [6.45, 7) is 2.74. The van der Waals surface area contributed by atoms with Crippen molar-refractivity contribution < 1.29 is 19.2 Å². The van der Waals surface area contributed by atoms with Gasteiger partial charge >= 0.3 is 5.97 Å². The first-order valence-corrected chi connectivity index (χ1v) is 7.28. The van der Waals surface area contributed by atoms with Gasteiger partial charge in [0.25, 0.3) is 0 Å². The van der Waals surface area contributed by atoms with Crippen LogP contribution in [0.2, 0.25) is 0 Å². The summed E-state index contributed by atoms with van der Waals surface area (Å²) in [4.78, 5) is 34.8. The number of hydrogen-bond donors (Lipinski definition) is 1. The number of carbonyl (C=O) groups excluding carboxylic acids is 2. The first-order valence-electron chi connectivity index (χ1n) is 7.28. The number of likely N-dealkylation sites (tertiary alicyclic amines) is 1. The van der Waals surface area contributed by atoms with Crippen LogP contribution in [0, 0.1) is 0 Å². The summed E-state index contributed by atoms with van der Waals surface area (Å²) in [6.07, 6.45) is 4.39. The fourth-order valence-electron chi connectivity index (χ4n) is 2.56. The van der Waals surface area contributed by atoms with Crippen molar-refractivity contribution in [2.24, 2.45) is 0 Å². The highest BCUT2D eigenvalue weighted by Crippen LogP contribution is 2.24. The summed E-state index contributed by atoms with van der Waals surface area (Å²) in [5, 5.41) is 0. The van der Waals surface area contributed by atoms with Gasteiger partial charge in [-0.05, 0) is 30.5 Å². The van der Waals surface area contributed by atoms with Gasteiger partial charge in [0, 0.05) is 32.4 Å². The van der Waals surface area contributed by atoms with Gasteiger partial charge < -0.3 is 14.5 Å². The monoisotopic (exact) mass is 307 g/mol. The van der Waals surface area contributed by atoms with Crippen LogP contribution in [0.15, 0.2) is 24.5 Å². The molecule has 7 nitrogen and oxygen atoms in total. The first kappa shape index (κ1) is 16.4. The molecule has 1 aromatic heterocycles. The number of amides is 1. The number of nitrogens with one attached hydrogen (secondary N) is 1. The van der Waals surface area contributed by atoms with Crippen LogP contribution in [0.4, 0.5) is 0 Å². The summed E-state index contributed by atoms with van der Waals surface area (Å²) in [7, 11) is 1.43. The molecular weight excluding hydrogens is 286 g/mol. The van der Waals surface area contributed by atoms with E-state index in [1.54, 1.807) is 29.4 Å². The molecule has 22 heavy (non-hydrogen) atoms. The zero-order chi connectivity index (χ0) is 15.9. The molecule has 0 radical (unpaired) electrons. The molecule has 0 bridgehead atoms. The Labute approximate surface area is 129 Å². The van der Waals surface area contributed by atoms with Gasteiger partial charge in [-0.2, -0.15) is 5.48 Å². The van der Waals surface area contributed by atoms with Crippen LogP contribution < -0.4 is 5.48 Å². The molecule has 7 heteroatoms. The van der Waals surface area contributed by atoms with Gasteiger partial charge in [-0.3, -0.25) is 14.6 Å². The molecule has 1 fully saturated rings. The van der Waals surface area contributed by atoms with E-state index in [2.05, 4.69) is 10.5 Å². The van der Waals surface area contributed by atoms with Gasteiger partial charge in [-0.1, -0.05) is 0 Å². The number of esters is 1. The van der Waals surface area contributed by atoms with Crippen LogP contribution >= 0.6 is 0 Å². The quantitative estimate of drug-likeness (QED) is 0.619. The Kier molecular flexibility index (Phi) is 5.85. The van der Waals surface area contributed by atoms with E-state index in [1.807, 2.05) is 0 Å². The maximum absolute atomic E-state index is 12.7. The lowest BCUT2D eigenvalue weighted by atomic mass is 10.0. The lowest BCUT2D eigenvalue weighted by Gasteiger charge is -2.29. The third kappa shape index (κ3) is 4.02. The average Bonchev–Trinajstić information content (AvgIpc) is 3.05. The molecule has 0 spiro atoms. The molecule has 2 heterocycles. The first-order chi connectivity index (χ1) is 10.6. The van der Waals surface area contributed by atoms with E-state index in [0.29, 0.717) is 18.7 Å². The maximum Gasteiger partial charge on any atom is 0.303 e. The largest absolute Gasteiger partial charge is 0.455 e. The molecule has 2 atom stereocenters. The molecule has 1 amide bonds. The Morgan fingerprint density at radius 3 is 2.45 bits per heavy atom. The summed E-state index contributed by atoms with van der Waals surface area (Å²) < 4.78 is 5.38.